The van der Waals surface area contributed by atoms with E-state index in [9.17, 15) is 14.4 Å². The number of hydrazine groups is 1. The van der Waals surface area contributed by atoms with E-state index in [4.69, 9.17) is 23.2 Å². The van der Waals surface area contributed by atoms with Crippen LogP contribution >= 0.6 is 23.2 Å². The highest BCUT2D eigenvalue weighted by Crippen LogP contribution is 2.52. The molecular formula is C16H12Cl2N2O3. The molecule has 23 heavy (non-hydrogen) atoms. The monoisotopic (exact) mass is 350 g/mol. The summed E-state index contributed by atoms with van der Waals surface area (Å²) in [4.78, 5) is 37.3. The Morgan fingerprint density at radius 1 is 1.09 bits per heavy atom. The molecule has 0 radical (unpaired) electrons. The predicted octanol–water partition coefficient (Wildman–Crippen LogP) is 2.45. The molecule has 0 aromatic heterocycles. The van der Waals surface area contributed by atoms with Crippen LogP contribution in [0.1, 0.15) is 16.8 Å². The number of nitrogens with one attached hydrogen (secondary N) is 1. The maximum Gasteiger partial charge on any atom is 0.271 e. The lowest BCUT2D eigenvalue weighted by Gasteiger charge is -2.18. The third-order valence-electron chi connectivity index (χ3n) is 4.86. The quantitative estimate of drug-likeness (QED) is 0.658. The second-order valence-electron chi connectivity index (χ2n) is 6.08. The first-order chi connectivity index (χ1) is 11.0. The lowest BCUT2D eigenvalue weighted by Crippen LogP contribution is -2.47. The average molecular weight is 351 g/mol. The van der Waals surface area contributed by atoms with Gasteiger partial charge in [0.15, 0.2) is 0 Å². The fourth-order valence-corrected chi connectivity index (χ4v) is 4.34. The SMILES string of the molecule is O=C(NN1C(=O)C2C3C=CC(C3)C2C1=O)c1ccc(Cl)cc1Cl. The lowest BCUT2D eigenvalue weighted by atomic mass is 9.85. The highest BCUT2D eigenvalue weighted by atomic mass is 35.5. The number of hydrogen-bond donors (Lipinski definition) is 1. The molecule has 4 rings (SSSR count). The molecule has 2 bridgehead atoms. The molecule has 3 aliphatic rings. The van der Waals surface area contributed by atoms with Crippen LogP contribution in [0.5, 0.6) is 0 Å². The number of amides is 3. The Morgan fingerprint density at radius 3 is 2.26 bits per heavy atom. The number of imide groups is 1. The van der Waals surface area contributed by atoms with Crippen molar-refractivity contribution in [1.82, 2.24) is 10.4 Å². The van der Waals surface area contributed by atoms with Gasteiger partial charge in [0.1, 0.15) is 0 Å². The van der Waals surface area contributed by atoms with Crippen LogP contribution in [0.4, 0.5) is 0 Å². The van der Waals surface area contributed by atoms with E-state index in [-0.39, 0.29) is 46.1 Å². The summed E-state index contributed by atoms with van der Waals surface area (Å²) < 4.78 is 0. The maximum absolute atomic E-state index is 12.5. The number of fused-ring (bicyclic) bond motifs is 5. The van der Waals surface area contributed by atoms with Crippen molar-refractivity contribution in [1.29, 1.82) is 0 Å². The normalized spacial score (nSPS) is 31.0. The molecule has 2 fully saturated rings. The van der Waals surface area contributed by atoms with E-state index in [0.717, 1.165) is 11.4 Å². The molecule has 1 aromatic rings. The van der Waals surface area contributed by atoms with Crippen molar-refractivity contribution in [3.05, 3.63) is 46.0 Å². The zero-order valence-electron chi connectivity index (χ0n) is 11.8. The van der Waals surface area contributed by atoms with E-state index in [1.165, 1.54) is 18.2 Å². The molecule has 7 heteroatoms. The summed E-state index contributed by atoms with van der Waals surface area (Å²) in [6, 6.07) is 4.41. The van der Waals surface area contributed by atoms with Gasteiger partial charge >= 0.3 is 0 Å². The van der Waals surface area contributed by atoms with Gasteiger partial charge in [0.25, 0.3) is 17.7 Å². The Hall–Kier alpha value is -1.85. The van der Waals surface area contributed by atoms with Crippen LogP contribution in [-0.2, 0) is 9.59 Å². The third-order valence-corrected chi connectivity index (χ3v) is 5.41. The Balaban J connectivity index is 1.57. The van der Waals surface area contributed by atoms with Gasteiger partial charge in [-0.2, -0.15) is 5.01 Å². The molecule has 1 heterocycles. The fraction of sp³-hybridized carbons (Fsp3) is 0.312. The van der Waals surface area contributed by atoms with Gasteiger partial charge in [-0.25, -0.2) is 0 Å². The largest absolute Gasteiger partial charge is 0.272 e. The van der Waals surface area contributed by atoms with Gasteiger partial charge in [0.2, 0.25) is 0 Å². The molecule has 1 N–H and O–H groups in total. The standard InChI is InChI=1S/C16H12Cl2N2O3/c17-9-3-4-10(11(18)6-9)14(21)19-20-15(22)12-7-1-2-8(5-7)13(12)16(20)23/h1-4,6-8,12-13H,5H2,(H,19,21). The van der Waals surface area contributed by atoms with Crippen molar-refractivity contribution in [2.24, 2.45) is 23.7 Å². The molecule has 1 saturated carbocycles. The Bertz CT molecular complexity index is 747. The van der Waals surface area contributed by atoms with Crippen LogP contribution in [0.15, 0.2) is 30.4 Å². The van der Waals surface area contributed by atoms with Crippen LogP contribution in [0.25, 0.3) is 0 Å². The molecule has 1 aliphatic heterocycles. The Labute approximate surface area is 142 Å². The molecular weight excluding hydrogens is 339 g/mol. The van der Waals surface area contributed by atoms with Crippen LogP contribution in [0, 0.1) is 23.7 Å². The van der Waals surface area contributed by atoms with Crippen molar-refractivity contribution >= 4 is 40.9 Å². The second-order valence-corrected chi connectivity index (χ2v) is 6.92. The van der Waals surface area contributed by atoms with Crippen LogP contribution in [0.2, 0.25) is 10.0 Å². The first-order valence-electron chi connectivity index (χ1n) is 7.29. The van der Waals surface area contributed by atoms with Crippen molar-refractivity contribution in [3.63, 3.8) is 0 Å². The fourth-order valence-electron chi connectivity index (χ4n) is 3.85. The van der Waals surface area contributed by atoms with Gasteiger partial charge in [-0.1, -0.05) is 35.4 Å². The average Bonchev–Trinajstić information content (AvgIpc) is 3.17. The number of hydrogen-bond acceptors (Lipinski definition) is 3. The van der Waals surface area contributed by atoms with E-state index < -0.39 is 5.91 Å². The molecule has 5 nitrogen and oxygen atoms in total. The summed E-state index contributed by atoms with van der Waals surface area (Å²) in [5, 5.41) is 1.42. The van der Waals surface area contributed by atoms with Gasteiger partial charge < -0.3 is 0 Å². The van der Waals surface area contributed by atoms with Gasteiger partial charge in [-0.3, -0.25) is 19.8 Å². The molecule has 0 spiro atoms. The minimum atomic E-state index is -0.603. The van der Waals surface area contributed by atoms with Gasteiger partial charge in [-0.15, -0.1) is 0 Å². The second kappa shape index (κ2) is 5.08. The molecule has 1 aromatic carbocycles. The van der Waals surface area contributed by atoms with E-state index >= 15 is 0 Å². The first kappa shape index (κ1) is 14.7. The van der Waals surface area contributed by atoms with E-state index in [0.29, 0.717) is 5.02 Å². The summed E-state index contributed by atoms with van der Waals surface area (Å²) >= 11 is 11.8. The van der Waals surface area contributed by atoms with E-state index in [2.05, 4.69) is 5.43 Å². The summed E-state index contributed by atoms with van der Waals surface area (Å²) in [5.74, 6) is -1.78. The zero-order valence-corrected chi connectivity index (χ0v) is 13.3. The number of benzene rings is 1. The van der Waals surface area contributed by atoms with Crippen molar-refractivity contribution < 1.29 is 14.4 Å². The molecule has 4 atom stereocenters. The summed E-state index contributed by atoms with van der Waals surface area (Å²) in [6.07, 6.45) is 4.84. The molecule has 2 aliphatic carbocycles. The Morgan fingerprint density at radius 2 is 1.70 bits per heavy atom. The van der Waals surface area contributed by atoms with Gasteiger partial charge in [0, 0.05) is 5.02 Å². The summed E-state index contributed by atoms with van der Waals surface area (Å²) in [7, 11) is 0. The van der Waals surface area contributed by atoms with Crippen molar-refractivity contribution in [3.8, 4) is 0 Å². The van der Waals surface area contributed by atoms with Gasteiger partial charge in [0.05, 0.1) is 22.4 Å². The predicted molar refractivity (Wildman–Crippen MR) is 83.5 cm³/mol. The number of allylic oxidation sites excluding steroid dienone is 2. The molecule has 4 unspecified atom stereocenters. The Kier molecular flexibility index (Phi) is 3.25. The number of rotatable bonds is 2. The minimum Gasteiger partial charge on any atom is -0.272 e. The topological polar surface area (TPSA) is 66.5 Å². The van der Waals surface area contributed by atoms with Crippen LogP contribution in [-0.4, -0.2) is 22.7 Å². The number of carbonyl (C=O) groups is 3. The number of carbonyl (C=O) groups excluding carboxylic acids is 3. The molecule has 1 saturated heterocycles. The minimum absolute atomic E-state index is 0.0995. The molecule has 3 amide bonds. The lowest BCUT2D eigenvalue weighted by molar-refractivity contribution is -0.143. The van der Waals surface area contributed by atoms with Crippen LogP contribution in [0.3, 0.4) is 0 Å². The maximum atomic E-state index is 12.5. The van der Waals surface area contributed by atoms with E-state index in [1.807, 2.05) is 12.2 Å². The van der Waals surface area contributed by atoms with Crippen molar-refractivity contribution in [2.75, 3.05) is 0 Å². The first-order valence-corrected chi connectivity index (χ1v) is 8.05. The van der Waals surface area contributed by atoms with Gasteiger partial charge in [-0.05, 0) is 36.5 Å². The number of nitrogens with zero attached hydrogens (tertiary/aromatic N) is 1. The zero-order chi connectivity index (χ0) is 16.3. The van der Waals surface area contributed by atoms with Crippen molar-refractivity contribution in [2.45, 2.75) is 6.42 Å². The molecule has 118 valence electrons. The highest BCUT2D eigenvalue weighted by molar-refractivity contribution is 6.36. The summed E-state index contributed by atoms with van der Waals surface area (Å²) in [6.45, 7) is 0. The smallest absolute Gasteiger partial charge is 0.271 e. The summed E-state index contributed by atoms with van der Waals surface area (Å²) in [5.41, 5.74) is 2.55. The van der Waals surface area contributed by atoms with E-state index in [1.54, 1.807) is 0 Å². The highest BCUT2D eigenvalue weighted by Gasteiger charge is 2.59. The van der Waals surface area contributed by atoms with Crippen LogP contribution < -0.4 is 5.43 Å². The number of halogens is 2. The third kappa shape index (κ3) is 2.11.